The first-order valence-corrected chi connectivity index (χ1v) is 12.8. The van der Waals surface area contributed by atoms with Crippen LogP contribution < -0.4 is 11.1 Å². The van der Waals surface area contributed by atoms with Crippen LogP contribution in [-0.2, 0) is 19.4 Å². The third-order valence-electron chi connectivity index (χ3n) is 5.85. The molecule has 0 saturated carbocycles. The number of aliphatic imine (C=N–C) groups is 1. The Hall–Kier alpha value is -2.96. The zero-order valence-electron chi connectivity index (χ0n) is 21.2. The predicted octanol–water partition coefficient (Wildman–Crippen LogP) is 5.21. The molecule has 0 aliphatic heterocycles. The molecular weight excluding hydrogens is 424 g/mol. The van der Waals surface area contributed by atoms with Gasteiger partial charge in [-0.1, -0.05) is 56.5 Å². The molecule has 7 nitrogen and oxygen atoms in total. The van der Waals surface area contributed by atoms with Gasteiger partial charge in [0.25, 0.3) is 5.91 Å². The zero-order valence-corrected chi connectivity index (χ0v) is 21.2. The summed E-state index contributed by atoms with van der Waals surface area (Å²) in [5.41, 5.74) is 9.87. The molecule has 1 amide bonds. The van der Waals surface area contributed by atoms with Crippen molar-refractivity contribution in [1.29, 1.82) is 0 Å². The number of carbonyl (C=O) groups excluding carboxylic acids is 1. The van der Waals surface area contributed by atoms with E-state index in [1.807, 2.05) is 38.3 Å². The van der Waals surface area contributed by atoms with Gasteiger partial charge in [-0.05, 0) is 63.1 Å². The maximum absolute atomic E-state index is 12.4. The number of hydrogen-bond acceptors (Lipinski definition) is 4. The molecule has 0 unspecified atom stereocenters. The van der Waals surface area contributed by atoms with Gasteiger partial charge in [0.2, 0.25) is 0 Å². The van der Waals surface area contributed by atoms with E-state index in [2.05, 4.69) is 39.7 Å². The van der Waals surface area contributed by atoms with Crippen molar-refractivity contribution in [3.05, 3.63) is 59.1 Å². The van der Waals surface area contributed by atoms with Crippen LogP contribution in [-0.4, -0.2) is 33.3 Å². The standard InChI is InChI=1S/C27H42N6O/c1-4-7-9-12-22-15-17-23(18-16-22)27(34)29-19-20-33-21-25(31-32-33)14-11-8-10-13-24(5-2)30-26(28)6-3/h5,15-18,21H,4,6-14,19-20H2,1-3H3,(H2,28,30)(H,29,34)/b24-5-. The van der Waals surface area contributed by atoms with E-state index < -0.39 is 0 Å². The molecule has 0 aliphatic rings. The van der Waals surface area contributed by atoms with E-state index in [9.17, 15) is 4.79 Å². The predicted molar refractivity (Wildman–Crippen MR) is 140 cm³/mol. The minimum Gasteiger partial charge on any atom is -0.387 e. The van der Waals surface area contributed by atoms with Crippen molar-refractivity contribution in [2.24, 2.45) is 10.7 Å². The Morgan fingerprint density at radius 1 is 1.09 bits per heavy atom. The summed E-state index contributed by atoms with van der Waals surface area (Å²) in [5, 5.41) is 11.4. The zero-order chi connectivity index (χ0) is 24.6. The Morgan fingerprint density at radius 2 is 1.85 bits per heavy atom. The van der Waals surface area contributed by atoms with Crippen LogP contribution in [0.25, 0.3) is 0 Å². The summed E-state index contributed by atoms with van der Waals surface area (Å²) >= 11 is 0. The first kappa shape index (κ1) is 27.3. The quantitative estimate of drug-likeness (QED) is 0.201. The van der Waals surface area contributed by atoms with Gasteiger partial charge < -0.3 is 11.1 Å². The number of rotatable bonds is 16. The monoisotopic (exact) mass is 466 g/mol. The first-order chi connectivity index (χ1) is 16.5. The molecule has 7 heteroatoms. The van der Waals surface area contributed by atoms with Crippen molar-refractivity contribution in [2.75, 3.05) is 6.54 Å². The molecule has 3 N–H and O–H groups in total. The van der Waals surface area contributed by atoms with E-state index in [1.54, 1.807) is 4.68 Å². The first-order valence-electron chi connectivity index (χ1n) is 12.8. The number of amides is 1. The summed E-state index contributed by atoms with van der Waals surface area (Å²) in [7, 11) is 0. The average Bonchev–Trinajstić information content (AvgIpc) is 3.31. The molecule has 1 aromatic heterocycles. The molecule has 0 spiro atoms. The Kier molecular flexibility index (Phi) is 12.7. The van der Waals surface area contributed by atoms with Gasteiger partial charge in [-0.2, -0.15) is 0 Å². The second kappa shape index (κ2) is 15.8. The molecule has 2 aromatic rings. The van der Waals surface area contributed by atoms with E-state index in [0.717, 1.165) is 56.3 Å². The third kappa shape index (κ3) is 10.3. The second-order valence-electron chi connectivity index (χ2n) is 8.68. The molecule has 0 saturated heterocycles. The number of nitrogens with zero attached hydrogens (tertiary/aromatic N) is 4. The fraction of sp³-hybridized carbons (Fsp3) is 0.556. The molecule has 186 valence electrons. The van der Waals surface area contributed by atoms with Crippen LogP contribution in [0.15, 0.2) is 47.2 Å². The lowest BCUT2D eigenvalue weighted by Crippen LogP contribution is -2.27. The summed E-state index contributed by atoms with van der Waals surface area (Å²) in [4.78, 5) is 16.8. The van der Waals surface area contributed by atoms with Crippen LogP contribution in [0.1, 0.15) is 93.8 Å². The lowest BCUT2D eigenvalue weighted by Gasteiger charge is -2.06. The number of amidine groups is 1. The van der Waals surface area contributed by atoms with Gasteiger partial charge in [-0.25, -0.2) is 4.99 Å². The van der Waals surface area contributed by atoms with E-state index >= 15 is 0 Å². The Balaban J connectivity index is 1.64. The fourth-order valence-electron chi connectivity index (χ4n) is 3.67. The number of aryl methyl sites for hydroxylation is 2. The van der Waals surface area contributed by atoms with Crippen molar-refractivity contribution in [2.45, 2.75) is 91.5 Å². The van der Waals surface area contributed by atoms with Crippen molar-refractivity contribution >= 4 is 11.7 Å². The van der Waals surface area contributed by atoms with Crippen molar-refractivity contribution in [3.63, 3.8) is 0 Å². The summed E-state index contributed by atoms with van der Waals surface area (Å²) < 4.78 is 1.80. The van der Waals surface area contributed by atoms with E-state index in [1.165, 1.54) is 24.8 Å². The molecule has 0 bridgehead atoms. The van der Waals surface area contributed by atoms with Gasteiger partial charge in [0.15, 0.2) is 0 Å². The van der Waals surface area contributed by atoms with Crippen LogP contribution >= 0.6 is 0 Å². The minimum atomic E-state index is -0.0500. The lowest BCUT2D eigenvalue weighted by molar-refractivity contribution is 0.0952. The Morgan fingerprint density at radius 3 is 2.56 bits per heavy atom. The van der Waals surface area contributed by atoms with Crippen LogP contribution in [0.5, 0.6) is 0 Å². The normalized spacial score (nSPS) is 12.2. The van der Waals surface area contributed by atoms with Gasteiger partial charge in [0.05, 0.1) is 18.1 Å². The lowest BCUT2D eigenvalue weighted by atomic mass is 10.1. The second-order valence-corrected chi connectivity index (χ2v) is 8.68. The highest BCUT2D eigenvalue weighted by Crippen LogP contribution is 2.12. The van der Waals surface area contributed by atoms with Crippen LogP contribution in [0.4, 0.5) is 0 Å². The summed E-state index contributed by atoms with van der Waals surface area (Å²) in [6.45, 7) is 7.36. The number of benzene rings is 1. The molecule has 0 fully saturated rings. The number of allylic oxidation sites excluding steroid dienone is 2. The van der Waals surface area contributed by atoms with Crippen LogP contribution in [0.2, 0.25) is 0 Å². The Labute approximate surface area is 204 Å². The number of carbonyl (C=O) groups is 1. The SMILES string of the molecule is C/C=C(/CCCCCc1cn(CCNC(=O)c2ccc(CCCCC)cc2)nn1)N=C(N)CC. The number of aromatic nitrogens is 3. The summed E-state index contributed by atoms with van der Waals surface area (Å²) in [5.74, 6) is 0.641. The van der Waals surface area contributed by atoms with Crippen molar-refractivity contribution in [3.8, 4) is 0 Å². The average molecular weight is 467 g/mol. The number of unbranched alkanes of at least 4 members (excludes halogenated alkanes) is 4. The van der Waals surface area contributed by atoms with E-state index in [0.29, 0.717) is 24.5 Å². The molecule has 1 aromatic carbocycles. The third-order valence-corrected chi connectivity index (χ3v) is 5.85. The van der Waals surface area contributed by atoms with E-state index in [4.69, 9.17) is 5.73 Å². The largest absolute Gasteiger partial charge is 0.387 e. The van der Waals surface area contributed by atoms with Gasteiger partial charge >= 0.3 is 0 Å². The Bertz CT molecular complexity index is 913. The van der Waals surface area contributed by atoms with Crippen molar-refractivity contribution in [1.82, 2.24) is 20.3 Å². The maximum atomic E-state index is 12.4. The van der Waals surface area contributed by atoms with Gasteiger partial charge in [-0.15, -0.1) is 5.10 Å². The van der Waals surface area contributed by atoms with E-state index in [-0.39, 0.29) is 5.91 Å². The number of nitrogens with two attached hydrogens (primary N) is 1. The number of nitrogens with one attached hydrogen (secondary N) is 1. The minimum absolute atomic E-state index is 0.0500. The summed E-state index contributed by atoms with van der Waals surface area (Å²) in [6.07, 6.45) is 14.6. The highest BCUT2D eigenvalue weighted by atomic mass is 16.1. The molecule has 0 aliphatic carbocycles. The molecule has 34 heavy (non-hydrogen) atoms. The molecular formula is C27H42N6O. The molecule has 1 heterocycles. The van der Waals surface area contributed by atoms with Crippen LogP contribution in [0.3, 0.4) is 0 Å². The molecule has 0 radical (unpaired) electrons. The summed E-state index contributed by atoms with van der Waals surface area (Å²) in [6, 6.07) is 7.94. The molecule has 0 atom stereocenters. The highest BCUT2D eigenvalue weighted by molar-refractivity contribution is 5.94. The molecule has 2 rings (SSSR count). The topological polar surface area (TPSA) is 98.2 Å². The van der Waals surface area contributed by atoms with Gasteiger partial charge in [0, 0.05) is 30.4 Å². The maximum Gasteiger partial charge on any atom is 0.251 e. The number of hydrogen-bond donors (Lipinski definition) is 2. The van der Waals surface area contributed by atoms with Gasteiger partial charge in [0.1, 0.15) is 0 Å². The fourth-order valence-corrected chi connectivity index (χ4v) is 3.67. The van der Waals surface area contributed by atoms with Gasteiger partial charge in [-0.3, -0.25) is 9.48 Å². The van der Waals surface area contributed by atoms with Crippen LogP contribution in [0, 0.1) is 0 Å². The van der Waals surface area contributed by atoms with Crippen molar-refractivity contribution < 1.29 is 4.79 Å². The highest BCUT2D eigenvalue weighted by Gasteiger charge is 2.06. The smallest absolute Gasteiger partial charge is 0.251 e.